The van der Waals surface area contributed by atoms with Crippen LogP contribution in [0.1, 0.15) is 50.6 Å². The molecular formula is C17H28N2. The van der Waals surface area contributed by atoms with E-state index in [9.17, 15) is 0 Å². The first-order valence-electron chi connectivity index (χ1n) is 7.69. The van der Waals surface area contributed by atoms with Gasteiger partial charge in [0.05, 0.1) is 0 Å². The van der Waals surface area contributed by atoms with Crippen molar-refractivity contribution in [2.45, 2.75) is 51.1 Å². The van der Waals surface area contributed by atoms with Crippen molar-refractivity contribution in [1.29, 1.82) is 0 Å². The maximum atomic E-state index is 6.23. The molecule has 1 fully saturated rings. The predicted molar refractivity (Wildman–Crippen MR) is 82.0 cm³/mol. The van der Waals surface area contributed by atoms with E-state index in [1.165, 1.54) is 44.2 Å². The van der Waals surface area contributed by atoms with E-state index in [-0.39, 0.29) is 6.04 Å². The molecule has 2 N–H and O–H groups in total. The normalized spacial score (nSPS) is 20.4. The predicted octanol–water partition coefficient (Wildman–Crippen LogP) is 3.59. The fourth-order valence-corrected chi connectivity index (χ4v) is 3.50. The second-order valence-corrected chi connectivity index (χ2v) is 6.16. The van der Waals surface area contributed by atoms with Crippen molar-refractivity contribution < 1.29 is 0 Å². The minimum absolute atomic E-state index is 0.163. The Morgan fingerprint density at radius 1 is 1.16 bits per heavy atom. The molecule has 1 aliphatic carbocycles. The van der Waals surface area contributed by atoms with Gasteiger partial charge >= 0.3 is 0 Å². The Balaban J connectivity index is 2.02. The maximum absolute atomic E-state index is 6.23. The molecule has 0 spiro atoms. The van der Waals surface area contributed by atoms with Crippen LogP contribution < -0.4 is 5.73 Å². The Bertz CT molecular complexity index is 355. The molecule has 1 saturated carbocycles. The lowest BCUT2D eigenvalue weighted by Gasteiger charge is -2.35. The van der Waals surface area contributed by atoms with E-state index >= 15 is 0 Å². The lowest BCUT2D eigenvalue weighted by Crippen LogP contribution is -2.39. The van der Waals surface area contributed by atoms with Crippen LogP contribution in [0.5, 0.6) is 0 Å². The Kier molecular flexibility index (Phi) is 5.41. The number of hydrogen-bond acceptors (Lipinski definition) is 2. The van der Waals surface area contributed by atoms with Gasteiger partial charge in [0.1, 0.15) is 0 Å². The molecule has 2 unspecified atom stereocenters. The quantitative estimate of drug-likeness (QED) is 0.876. The third kappa shape index (κ3) is 4.05. The van der Waals surface area contributed by atoms with Gasteiger partial charge in [-0.2, -0.15) is 0 Å². The van der Waals surface area contributed by atoms with Crippen LogP contribution in [0.2, 0.25) is 0 Å². The molecule has 0 heterocycles. The fraction of sp³-hybridized carbons (Fsp3) is 0.647. The molecule has 1 aliphatic rings. The highest BCUT2D eigenvalue weighted by Gasteiger charge is 2.24. The summed E-state index contributed by atoms with van der Waals surface area (Å²) in [5.74, 6) is 0.865. The van der Waals surface area contributed by atoms with Gasteiger partial charge in [-0.25, -0.2) is 0 Å². The number of rotatable bonds is 5. The largest absolute Gasteiger partial charge is 0.326 e. The van der Waals surface area contributed by atoms with E-state index < -0.39 is 0 Å². The first-order chi connectivity index (χ1) is 9.18. The summed E-state index contributed by atoms with van der Waals surface area (Å²) in [6, 6.07) is 11.2. The third-order valence-electron chi connectivity index (χ3n) is 4.38. The Morgan fingerprint density at radius 2 is 1.79 bits per heavy atom. The highest BCUT2D eigenvalue weighted by Crippen LogP contribution is 2.28. The van der Waals surface area contributed by atoms with Crippen molar-refractivity contribution in [2.75, 3.05) is 13.6 Å². The van der Waals surface area contributed by atoms with Crippen molar-refractivity contribution in [1.82, 2.24) is 4.90 Å². The molecule has 0 radical (unpaired) electrons. The van der Waals surface area contributed by atoms with Crippen LogP contribution in [0, 0.1) is 5.92 Å². The number of nitrogens with two attached hydrogens (primary N) is 1. The molecule has 0 amide bonds. The SMILES string of the molecule is CC(N)C(c1ccccc1)N(C)CC1CCCCC1. The first kappa shape index (κ1) is 14.5. The molecule has 2 atom stereocenters. The third-order valence-corrected chi connectivity index (χ3v) is 4.38. The minimum atomic E-state index is 0.163. The van der Waals surface area contributed by atoms with E-state index in [1.807, 2.05) is 0 Å². The molecule has 1 aromatic rings. The van der Waals surface area contributed by atoms with Gasteiger partial charge in [0.15, 0.2) is 0 Å². The molecule has 0 aromatic heterocycles. The summed E-state index contributed by atoms with van der Waals surface area (Å²) in [6.07, 6.45) is 7.03. The maximum Gasteiger partial charge on any atom is 0.0493 e. The molecule has 2 nitrogen and oxygen atoms in total. The smallest absolute Gasteiger partial charge is 0.0493 e. The summed E-state index contributed by atoms with van der Waals surface area (Å²) in [5, 5.41) is 0. The van der Waals surface area contributed by atoms with Crippen LogP contribution in [0.25, 0.3) is 0 Å². The first-order valence-corrected chi connectivity index (χ1v) is 7.69. The average molecular weight is 260 g/mol. The standard InChI is InChI=1S/C17H28N2/c1-14(18)17(16-11-7-4-8-12-16)19(2)13-15-9-5-3-6-10-15/h4,7-8,11-12,14-15,17H,3,5-6,9-10,13,18H2,1-2H3. The number of hydrogen-bond donors (Lipinski definition) is 1. The van der Waals surface area contributed by atoms with E-state index in [0.29, 0.717) is 6.04 Å². The second-order valence-electron chi connectivity index (χ2n) is 6.16. The molecule has 19 heavy (non-hydrogen) atoms. The van der Waals surface area contributed by atoms with Crippen LogP contribution >= 0.6 is 0 Å². The number of benzene rings is 1. The van der Waals surface area contributed by atoms with Gasteiger partial charge in [-0.15, -0.1) is 0 Å². The van der Waals surface area contributed by atoms with Gasteiger partial charge in [0.2, 0.25) is 0 Å². The molecule has 1 aromatic carbocycles. The van der Waals surface area contributed by atoms with Crippen molar-refractivity contribution in [2.24, 2.45) is 11.7 Å². The van der Waals surface area contributed by atoms with Crippen molar-refractivity contribution in [3.8, 4) is 0 Å². The molecule has 106 valence electrons. The summed E-state index contributed by atoms with van der Waals surface area (Å²) in [5.41, 5.74) is 7.58. The highest BCUT2D eigenvalue weighted by atomic mass is 15.1. The summed E-state index contributed by atoms with van der Waals surface area (Å²) >= 11 is 0. The zero-order valence-corrected chi connectivity index (χ0v) is 12.4. The second kappa shape index (κ2) is 7.06. The van der Waals surface area contributed by atoms with E-state index in [2.05, 4.69) is 49.2 Å². The summed E-state index contributed by atoms with van der Waals surface area (Å²) in [7, 11) is 2.23. The van der Waals surface area contributed by atoms with Crippen LogP contribution in [-0.4, -0.2) is 24.5 Å². The molecule has 2 heteroatoms. The van der Waals surface area contributed by atoms with Crippen LogP contribution in [0.4, 0.5) is 0 Å². The van der Waals surface area contributed by atoms with Gasteiger partial charge in [0, 0.05) is 18.6 Å². The van der Waals surface area contributed by atoms with Gasteiger partial charge < -0.3 is 5.73 Å². The zero-order chi connectivity index (χ0) is 13.7. The Labute approximate surface area is 118 Å². The van der Waals surface area contributed by atoms with Crippen LogP contribution in [0.15, 0.2) is 30.3 Å². The zero-order valence-electron chi connectivity index (χ0n) is 12.4. The molecule has 0 bridgehead atoms. The summed E-state index contributed by atoms with van der Waals surface area (Å²) in [6.45, 7) is 3.30. The molecule has 2 rings (SSSR count). The summed E-state index contributed by atoms with van der Waals surface area (Å²) < 4.78 is 0. The van der Waals surface area contributed by atoms with E-state index in [0.717, 1.165) is 5.92 Å². The fourth-order valence-electron chi connectivity index (χ4n) is 3.50. The Hall–Kier alpha value is -0.860. The molecular weight excluding hydrogens is 232 g/mol. The summed E-state index contributed by atoms with van der Waals surface area (Å²) in [4.78, 5) is 2.47. The topological polar surface area (TPSA) is 29.3 Å². The van der Waals surface area contributed by atoms with Gasteiger partial charge in [-0.1, -0.05) is 49.6 Å². The Morgan fingerprint density at radius 3 is 2.37 bits per heavy atom. The van der Waals surface area contributed by atoms with Crippen molar-refractivity contribution >= 4 is 0 Å². The van der Waals surface area contributed by atoms with Gasteiger partial charge in [-0.3, -0.25) is 4.90 Å². The van der Waals surface area contributed by atoms with E-state index in [1.54, 1.807) is 0 Å². The monoisotopic (exact) mass is 260 g/mol. The van der Waals surface area contributed by atoms with Gasteiger partial charge in [0.25, 0.3) is 0 Å². The lowest BCUT2D eigenvalue weighted by molar-refractivity contribution is 0.167. The molecule has 0 aliphatic heterocycles. The van der Waals surface area contributed by atoms with Crippen molar-refractivity contribution in [3.05, 3.63) is 35.9 Å². The van der Waals surface area contributed by atoms with Crippen LogP contribution in [0.3, 0.4) is 0 Å². The minimum Gasteiger partial charge on any atom is -0.326 e. The molecule has 0 saturated heterocycles. The van der Waals surface area contributed by atoms with E-state index in [4.69, 9.17) is 5.73 Å². The average Bonchev–Trinajstić information content (AvgIpc) is 2.40. The van der Waals surface area contributed by atoms with Gasteiger partial charge in [-0.05, 0) is 38.3 Å². The van der Waals surface area contributed by atoms with Crippen LogP contribution in [-0.2, 0) is 0 Å². The van der Waals surface area contributed by atoms with Crippen molar-refractivity contribution in [3.63, 3.8) is 0 Å². The number of likely N-dealkylation sites (N-methyl/N-ethyl adjacent to an activating group) is 1. The highest BCUT2D eigenvalue weighted by molar-refractivity contribution is 5.20. The number of nitrogens with zero attached hydrogens (tertiary/aromatic N) is 1. The lowest BCUT2D eigenvalue weighted by atomic mass is 9.88.